The third-order valence-corrected chi connectivity index (χ3v) is 6.80. The van der Waals surface area contributed by atoms with E-state index >= 15 is 0 Å². The van der Waals surface area contributed by atoms with E-state index in [1.807, 2.05) is 76.1 Å². The van der Waals surface area contributed by atoms with Crippen LogP contribution < -0.4 is 5.32 Å². The highest BCUT2D eigenvalue weighted by Gasteiger charge is 2.24. The van der Waals surface area contributed by atoms with Crippen molar-refractivity contribution in [2.45, 2.75) is 25.8 Å². The van der Waals surface area contributed by atoms with Gasteiger partial charge in [-0.2, -0.15) is 5.10 Å². The van der Waals surface area contributed by atoms with Gasteiger partial charge in [-0.3, -0.25) is 9.59 Å². The lowest BCUT2D eigenvalue weighted by Crippen LogP contribution is -2.11. The van der Waals surface area contributed by atoms with Crippen LogP contribution in [-0.2, 0) is 6.54 Å². The number of aliphatic hydroxyl groups excluding tert-OH is 1. The van der Waals surface area contributed by atoms with Crippen LogP contribution in [0.1, 0.15) is 40.0 Å². The molecule has 0 spiro atoms. The molecular weight excluding hydrogens is 452 g/mol. The summed E-state index contributed by atoms with van der Waals surface area (Å²) in [4.78, 5) is 25.3. The lowest BCUT2D eigenvalue weighted by molar-refractivity contribution is 0.0974. The van der Waals surface area contributed by atoms with Crippen molar-refractivity contribution in [2.24, 2.45) is 5.92 Å². The van der Waals surface area contributed by atoms with E-state index in [9.17, 15) is 14.7 Å². The Labute approximate surface area is 208 Å². The summed E-state index contributed by atoms with van der Waals surface area (Å²) in [6.07, 6.45) is 6.66. The van der Waals surface area contributed by atoms with Gasteiger partial charge in [0.05, 0.1) is 24.0 Å². The van der Waals surface area contributed by atoms with E-state index in [-0.39, 0.29) is 18.3 Å². The zero-order chi connectivity index (χ0) is 24.6. The SMILES string of the molecule is O=C(CC1CC1)c1ccc(-n2ncc3cc(NC(=O)c4ccc5c(ccn5CCO)c4)ccc32)cc1. The number of amides is 1. The van der Waals surface area contributed by atoms with Gasteiger partial charge in [-0.05, 0) is 85.5 Å². The van der Waals surface area contributed by atoms with Crippen molar-refractivity contribution < 1.29 is 14.7 Å². The summed E-state index contributed by atoms with van der Waals surface area (Å²) < 4.78 is 3.79. The van der Waals surface area contributed by atoms with Gasteiger partial charge in [-0.15, -0.1) is 0 Å². The van der Waals surface area contributed by atoms with Crippen LogP contribution in [0.5, 0.6) is 0 Å². The molecule has 2 N–H and O–H groups in total. The first-order chi connectivity index (χ1) is 17.6. The molecule has 0 atom stereocenters. The Morgan fingerprint density at radius 1 is 0.917 bits per heavy atom. The van der Waals surface area contributed by atoms with Gasteiger partial charge >= 0.3 is 0 Å². The molecule has 0 bridgehead atoms. The van der Waals surface area contributed by atoms with Gasteiger partial charge < -0.3 is 15.0 Å². The first kappa shape index (κ1) is 22.2. The summed E-state index contributed by atoms with van der Waals surface area (Å²) in [5, 5.41) is 18.6. The minimum absolute atomic E-state index is 0.0659. The second-order valence-electron chi connectivity index (χ2n) is 9.41. The van der Waals surface area contributed by atoms with Crippen molar-refractivity contribution in [2.75, 3.05) is 11.9 Å². The van der Waals surface area contributed by atoms with Crippen LogP contribution in [-0.4, -0.2) is 37.8 Å². The predicted octanol–water partition coefficient (Wildman–Crippen LogP) is 5.21. The maximum atomic E-state index is 12.9. The Morgan fingerprint density at radius 3 is 2.47 bits per heavy atom. The van der Waals surface area contributed by atoms with Crippen LogP contribution in [0.3, 0.4) is 0 Å². The number of hydrogen-bond acceptors (Lipinski definition) is 4. The Bertz CT molecular complexity index is 1590. The highest BCUT2D eigenvalue weighted by atomic mass is 16.3. The Kier molecular flexibility index (Phi) is 5.62. The van der Waals surface area contributed by atoms with Crippen molar-refractivity contribution in [3.8, 4) is 5.69 Å². The maximum absolute atomic E-state index is 12.9. The maximum Gasteiger partial charge on any atom is 0.255 e. The molecule has 0 saturated heterocycles. The van der Waals surface area contributed by atoms with Crippen LogP contribution in [0, 0.1) is 5.92 Å². The topological polar surface area (TPSA) is 89.2 Å². The van der Waals surface area contributed by atoms with E-state index in [0.717, 1.165) is 33.1 Å². The Hall–Kier alpha value is -4.23. The molecule has 1 aliphatic carbocycles. The number of aliphatic hydroxyl groups is 1. The van der Waals surface area contributed by atoms with Crippen LogP contribution in [0.4, 0.5) is 5.69 Å². The van der Waals surface area contributed by atoms with Gasteiger partial charge in [0.15, 0.2) is 5.78 Å². The standard InChI is InChI=1S/C29H26N4O3/c34-14-13-32-12-11-21-16-22(5-9-26(21)32)29(36)31-24-6-10-27-23(17-24)18-30-33(27)25-7-3-20(4-8-25)28(35)15-19-1-2-19/h3-12,16-19,34H,1-2,13-15H2,(H,31,36). The number of ketones is 1. The molecule has 1 amide bonds. The van der Waals surface area contributed by atoms with Crippen molar-refractivity contribution in [3.05, 3.63) is 90.3 Å². The van der Waals surface area contributed by atoms with Gasteiger partial charge in [0.1, 0.15) is 0 Å². The predicted molar refractivity (Wildman–Crippen MR) is 140 cm³/mol. The van der Waals surface area contributed by atoms with Gasteiger partial charge in [0, 0.05) is 52.3 Å². The average Bonchev–Trinajstić information content (AvgIpc) is 3.47. The number of Topliss-reactive ketones (excluding diaryl/α,β-unsaturated/α-hetero) is 1. The molecule has 7 nitrogen and oxygen atoms in total. The molecule has 180 valence electrons. The fraction of sp³-hybridized carbons (Fsp3) is 0.207. The van der Waals surface area contributed by atoms with Gasteiger partial charge in [0.25, 0.3) is 5.91 Å². The van der Waals surface area contributed by atoms with E-state index in [4.69, 9.17) is 0 Å². The van der Waals surface area contributed by atoms with Crippen molar-refractivity contribution in [1.29, 1.82) is 0 Å². The second kappa shape index (κ2) is 9.09. The molecule has 0 radical (unpaired) electrons. The third kappa shape index (κ3) is 4.29. The van der Waals surface area contributed by atoms with Crippen molar-refractivity contribution >= 4 is 39.2 Å². The van der Waals surface area contributed by atoms with Crippen LogP contribution in [0.25, 0.3) is 27.5 Å². The molecule has 7 heteroatoms. The minimum Gasteiger partial charge on any atom is -0.395 e. The number of hydrogen-bond donors (Lipinski definition) is 2. The molecule has 6 rings (SSSR count). The molecule has 36 heavy (non-hydrogen) atoms. The minimum atomic E-state index is -0.190. The first-order valence-corrected chi connectivity index (χ1v) is 12.2. The quantitative estimate of drug-likeness (QED) is 0.300. The normalized spacial score (nSPS) is 13.4. The molecule has 2 heterocycles. The first-order valence-electron chi connectivity index (χ1n) is 12.2. The van der Waals surface area contributed by atoms with E-state index < -0.39 is 0 Å². The number of anilines is 1. The van der Waals surface area contributed by atoms with Crippen LogP contribution >= 0.6 is 0 Å². The van der Waals surface area contributed by atoms with Gasteiger partial charge in [-0.1, -0.05) is 0 Å². The summed E-state index contributed by atoms with van der Waals surface area (Å²) in [6, 6.07) is 20.8. The molecule has 1 saturated carbocycles. The molecule has 1 fully saturated rings. The Morgan fingerprint density at radius 2 is 1.69 bits per heavy atom. The number of nitrogens with one attached hydrogen (secondary N) is 1. The van der Waals surface area contributed by atoms with Gasteiger partial charge in [-0.25, -0.2) is 4.68 Å². The second-order valence-corrected chi connectivity index (χ2v) is 9.41. The summed E-state index contributed by atoms with van der Waals surface area (Å²) >= 11 is 0. The molecule has 5 aromatic rings. The zero-order valence-corrected chi connectivity index (χ0v) is 19.7. The average molecular weight is 479 g/mol. The monoisotopic (exact) mass is 478 g/mol. The third-order valence-electron chi connectivity index (χ3n) is 6.80. The molecule has 2 aromatic heterocycles. The van der Waals surface area contributed by atoms with Crippen LogP contribution in [0.15, 0.2) is 79.1 Å². The highest BCUT2D eigenvalue weighted by molar-refractivity contribution is 6.07. The summed E-state index contributed by atoms with van der Waals surface area (Å²) in [5.74, 6) is 0.588. The number of fused-ring (bicyclic) bond motifs is 2. The fourth-order valence-corrected chi connectivity index (χ4v) is 4.65. The number of nitrogens with zero attached hydrogens (tertiary/aromatic N) is 3. The lowest BCUT2D eigenvalue weighted by Gasteiger charge is -2.08. The van der Waals surface area contributed by atoms with E-state index in [2.05, 4.69) is 10.4 Å². The van der Waals surface area contributed by atoms with E-state index in [0.29, 0.717) is 30.1 Å². The van der Waals surface area contributed by atoms with Crippen molar-refractivity contribution in [3.63, 3.8) is 0 Å². The van der Waals surface area contributed by atoms with Crippen LogP contribution in [0.2, 0.25) is 0 Å². The molecule has 3 aromatic carbocycles. The number of carbonyl (C=O) groups excluding carboxylic acids is 2. The van der Waals surface area contributed by atoms with Crippen molar-refractivity contribution in [1.82, 2.24) is 14.3 Å². The summed E-state index contributed by atoms with van der Waals surface area (Å²) in [5.41, 5.74) is 4.77. The number of aromatic nitrogens is 3. The Balaban J connectivity index is 1.19. The van der Waals surface area contributed by atoms with E-state index in [1.165, 1.54) is 12.8 Å². The fourth-order valence-electron chi connectivity index (χ4n) is 4.65. The number of benzene rings is 3. The molecule has 0 unspecified atom stereocenters. The van der Waals surface area contributed by atoms with E-state index in [1.54, 1.807) is 12.3 Å². The molecular formula is C29H26N4O3. The molecule has 1 aliphatic rings. The summed E-state index contributed by atoms with van der Waals surface area (Å²) in [7, 11) is 0. The summed E-state index contributed by atoms with van der Waals surface area (Å²) in [6.45, 7) is 0.585. The number of rotatable bonds is 8. The highest BCUT2D eigenvalue weighted by Crippen LogP contribution is 2.33. The van der Waals surface area contributed by atoms with Gasteiger partial charge in [0.2, 0.25) is 0 Å². The number of carbonyl (C=O) groups is 2. The smallest absolute Gasteiger partial charge is 0.255 e. The molecule has 0 aliphatic heterocycles. The zero-order valence-electron chi connectivity index (χ0n) is 19.7. The largest absolute Gasteiger partial charge is 0.395 e. The lowest BCUT2D eigenvalue weighted by atomic mass is 10.1.